The Morgan fingerprint density at radius 3 is 2.78 bits per heavy atom. The van der Waals surface area contributed by atoms with E-state index in [9.17, 15) is 9.59 Å². The van der Waals surface area contributed by atoms with E-state index in [0.29, 0.717) is 13.1 Å². The number of hydrogen-bond donors (Lipinski definition) is 2. The lowest BCUT2D eigenvalue weighted by molar-refractivity contribution is 0.0951. The zero-order valence-corrected chi connectivity index (χ0v) is 13.1. The Morgan fingerprint density at radius 1 is 1.22 bits per heavy atom. The van der Waals surface area contributed by atoms with Gasteiger partial charge in [0.2, 0.25) is 0 Å². The molecule has 0 saturated carbocycles. The van der Waals surface area contributed by atoms with E-state index in [-0.39, 0.29) is 17.0 Å². The van der Waals surface area contributed by atoms with Crippen LogP contribution in [0.1, 0.15) is 21.9 Å². The van der Waals surface area contributed by atoms with Crippen molar-refractivity contribution in [3.8, 4) is 0 Å². The normalized spacial score (nSPS) is 10.9. The van der Waals surface area contributed by atoms with Gasteiger partial charge in [0.05, 0.1) is 11.0 Å². The van der Waals surface area contributed by atoms with Crippen molar-refractivity contribution in [3.63, 3.8) is 0 Å². The van der Waals surface area contributed by atoms with Crippen LogP contribution in [0.5, 0.6) is 0 Å². The fourth-order valence-corrected chi connectivity index (χ4v) is 2.61. The SMILES string of the molecule is Cc1ccc(C(=O)NCCn2c(C)nc3ccccc32)c(=O)[nH]1. The summed E-state index contributed by atoms with van der Waals surface area (Å²) in [6, 6.07) is 11.1. The largest absolute Gasteiger partial charge is 0.350 e. The molecule has 1 amide bonds. The van der Waals surface area contributed by atoms with E-state index in [1.807, 2.05) is 31.2 Å². The quantitative estimate of drug-likeness (QED) is 0.771. The van der Waals surface area contributed by atoms with E-state index >= 15 is 0 Å². The summed E-state index contributed by atoms with van der Waals surface area (Å²) in [7, 11) is 0. The zero-order valence-electron chi connectivity index (χ0n) is 13.1. The number of para-hydroxylation sites is 2. The first-order valence-electron chi connectivity index (χ1n) is 7.46. The number of imidazole rings is 1. The molecular formula is C17H18N4O2. The van der Waals surface area contributed by atoms with Crippen LogP contribution in [0, 0.1) is 13.8 Å². The molecule has 0 unspecified atom stereocenters. The maximum absolute atomic E-state index is 12.1. The summed E-state index contributed by atoms with van der Waals surface area (Å²) in [5.41, 5.74) is 2.46. The number of rotatable bonds is 4. The predicted octanol–water partition coefficient (Wildman–Crippen LogP) is 1.77. The predicted molar refractivity (Wildman–Crippen MR) is 88.6 cm³/mol. The van der Waals surface area contributed by atoms with E-state index < -0.39 is 0 Å². The number of nitrogens with zero attached hydrogens (tertiary/aromatic N) is 2. The van der Waals surface area contributed by atoms with Gasteiger partial charge in [0.25, 0.3) is 11.5 Å². The van der Waals surface area contributed by atoms with Gasteiger partial charge in [-0.25, -0.2) is 4.98 Å². The van der Waals surface area contributed by atoms with Crippen LogP contribution in [0.25, 0.3) is 11.0 Å². The monoisotopic (exact) mass is 310 g/mol. The van der Waals surface area contributed by atoms with Gasteiger partial charge in [-0.05, 0) is 38.1 Å². The number of hydrogen-bond acceptors (Lipinski definition) is 3. The van der Waals surface area contributed by atoms with E-state index in [2.05, 4.69) is 19.9 Å². The molecule has 0 saturated heterocycles. The van der Waals surface area contributed by atoms with Gasteiger partial charge in [-0.3, -0.25) is 9.59 Å². The summed E-state index contributed by atoms with van der Waals surface area (Å²) in [4.78, 5) is 31.0. The molecule has 6 heteroatoms. The molecule has 1 aromatic carbocycles. The lowest BCUT2D eigenvalue weighted by Crippen LogP contribution is -2.32. The first-order chi connectivity index (χ1) is 11.1. The minimum absolute atomic E-state index is 0.128. The summed E-state index contributed by atoms with van der Waals surface area (Å²) in [5, 5.41) is 2.78. The minimum atomic E-state index is -0.369. The summed E-state index contributed by atoms with van der Waals surface area (Å²) >= 11 is 0. The van der Waals surface area contributed by atoms with Crippen LogP contribution in [-0.4, -0.2) is 27.0 Å². The van der Waals surface area contributed by atoms with Crippen molar-refractivity contribution in [3.05, 3.63) is 63.8 Å². The van der Waals surface area contributed by atoms with Gasteiger partial charge in [0.1, 0.15) is 11.4 Å². The molecule has 2 heterocycles. The topological polar surface area (TPSA) is 79.8 Å². The molecule has 2 N–H and O–H groups in total. The van der Waals surface area contributed by atoms with Crippen LogP contribution in [0.2, 0.25) is 0 Å². The number of fused-ring (bicyclic) bond motifs is 1. The molecule has 2 aromatic heterocycles. The smallest absolute Gasteiger partial charge is 0.260 e. The summed E-state index contributed by atoms with van der Waals surface area (Å²) in [6.07, 6.45) is 0. The third-order valence-corrected chi connectivity index (χ3v) is 3.77. The average molecular weight is 310 g/mol. The summed E-state index contributed by atoms with van der Waals surface area (Å²) in [5.74, 6) is 0.530. The van der Waals surface area contributed by atoms with Gasteiger partial charge in [0, 0.05) is 18.8 Å². The fraction of sp³-hybridized carbons (Fsp3) is 0.235. The van der Waals surface area contributed by atoms with Gasteiger partial charge in [-0.15, -0.1) is 0 Å². The molecule has 0 aliphatic carbocycles. The van der Waals surface area contributed by atoms with Crippen LogP contribution < -0.4 is 10.9 Å². The molecule has 0 bridgehead atoms. The number of carbonyl (C=O) groups is 1. The highest BCUT2D eigenvalue weighted by molar-refractivity contribution is 5.93. The molecule has 0 aliphatic rings. The molecule has 3 aromatic rings. The lowest BCUT2D eigenvalue weighted by atomic mass is 10.2. The van der Waals surface area contributed by atoms with Gasteiger partial charge in [-0.2, -0.15) is 0 Å². The lowest BCUT2D eigenvalue weighted by Gasteiger charge is -2.08. The fourth-order valence-electron chi connectivity index (χ4n) is 2.61. The second-order valence-electron chi connectivity index (χ2n) is 5.44. The van der Waals surface area contributed by atoms with Crippen LogP contribution in [-0.2, 0) is 6.54 Å². The number of aromatic nitrogens is 3. The molecule has 6 nitrogen and oxygen atoms in total. The third kappa shape index (κ3) is 3.01. The molecular weight excluding hydrogens is 292 g/mol. The number of amides is 1. The standard InChI is InChI=1S/C17H18N4O2/c1-11-7-8-13(17(23)19-11)16(22)18-9-10-21-12(2)20-14-5-3-4-6-15(14)21/h3-8H,9-10H2,1-2H3,(H,18,22)(H,19,23). The molecule has 0 spiro atoms. The maximum Gasteiger partial charge on any atom is 0.260 e. The maximum atomic E-state index is 12.1. The van der Waals surface area contributed by atoms with Gasteiger partial charge >= 0.3 is 0 Å². The Kier molecular flexibility index (Phi) is 3.97. The molecule has 118 valence electrons. The van der Waals surface area contributed by atoms with E-state index in [1.165, 1.54) is 0 Å². The zero-order chi connectivity index (χ0) is 16.4. The van der Waals surface area contributed by atoms with Crippen LogP contribution in [0.3, 0.4) is 0 Å². The highest BCUT2D eigenvalue weighted by Crippen LogP contribution is 2.14. The van der Waals surface area contributed by atoms with E-state index in [1.54, 1.807) is 19.1 Å². The number of aryl methyl sites for hydroxylation is 2. The second-order valence-corrected chi connectivity index (χ2v) is 5.44. The number of H-pyrrole nitrogens is 1. The van der Waals surface area contributed by atoms with Gasteiger partial charge < -0.3 is 14.9 Å². The summed E-state index contributed by atoms with van der Waals surface area (Å²) in [6.45, 7) is 4.73. The number of pyridine rings is 1. The van der Waals surface area contributed by atoms with Gasteiger partial charge in [-0.1, -0.05) is 12.1 Å². The number of benzene rings is 1. The molecule has 0 fully saturated rings. The van der Waals surface area contributed by atoms with Crippen LogP contribution >= 0.6 is 0 Å². The number of nitrogens with one attached hydrogen (secondary N) is 2. The van der Waals surface area contributed by atoms with Gasteiger partial charge in [0.15, 0.2) is 0 Å². The second kappa shape index (κ2) is 6.08. The molecule has 0 atom stereocenters. The molecule has 0 aliphatic heterocycles. The average Bonchev–Trinajstić information content (AvgIpc) is 2.83. The van der Waals surface area contributed by atoms with Crippen molar-refractivity contribution in [2.45, 2.75) is 20.4 Å². The molecule has 23 heavy (non-hydrogen) atoms. The number of carbonyl (C=O) groups excluding carboxylic acids is 1. The minimum Gasteiger partial charge on any atom is -0.350 e. The van der Waals surface area contributed by atoms with Crippen LogP contribution in [0.15, 0.2) is 41.2 Å². The Labute approximate surface area is 133 Å². The van der Waals surface area contributed by atoms with Crippen molar-refractivity contribution >= 4 is 16.9 Å². The van der Waals surface area contributed by atoms with E-state index in [4.69, 9.17) is 0 Å². The van der Waals surface area contributed by atoms with Crippen molar-refractivity contribution in [1.82, 2.24) is 19.9 Å². The van der Waals surface area contributed by atoms with Crippen molar-refractivity contribution in [2.24, 2.45) is 0 Å². The molecule has 3 rings (SSSR count). The Bertz CT molecular complexity index is 924. The highest BCUT2D eigenvalue weighted by Gasteiger charge is 2.11. The first kappa shape index (κ1) is 15.0. The summed E-state index contributed by atoms with van der Waals surface area (Å²) < 4.78 is 2.05. The van der Waals surface area contributed by atoms with Crippen molar-refractivity contribution in [1.29, 1.82) is 0 Å². The van der Waals surface area contributed by atoms with E-state index in [0.717, 1.165) is 22.6 Å². The van der Waals surface area contributed by atoms with Crippen molar-refractivity contribution < 1.29 is 4.79 Å². The molecule has 0 radical (unpaired) electrons. The highest BCUT2D eigenvalue weighted by atomic mass is 16.2. The van der Waals surface area contributed by atoms with Crippen molar-refractivity contribution in [2.75, 3.05) is 6.54 Å². The Hall–Kier alpha value is -2.89. The number of aromatic amines is 1. The Balaban J connectivity index is 1.70. The third-order valence-electron chi connectivity index (χ3n) is 3.77. The van der Waals surface area contributed by atoms with Crippen LogP contribution in [0.4, 0.5) is 0 Å². The Morgan fingerprint density at radius 2 is 2.00 bits per heavy atom. The first-order valence-corrected chi connectivity index (χ1v) is 7.46.